The van der Waals surface area contributed by atoms with Crippen molar-refractivity contribution in [1.82, 2.24) is 0 Å². The third-order valence-corrected chi connectivity index (χ3v) is 5.92. The summed E-state index contributed by atoms with van der Waals surface area (Å²) in [5, 5.41) is 9.54. The summed E-state index contributed by atoms with van der Waals surface area (Å²) in [6.07, 6.45) is 11.0. The summed E-state index contributed by atoms with van der Waals surface area (Å²) in [6, 6.07) is 0. The summed E-state index contributed by atoms with van der Waals surface area (Å²) in [4.78, 5) is 24.1. The van der Waals surface area contributed by atoms with E-state index in [1.165, 1.54) is 6.08 Å². The molecule has 0 rings (SSSR count). The predicted octanol–water partition coefficient (Wildman–Crippen LogP) is 8.10. The molecular weight excluding hydrogens is 412 g/mol. The van der Waals surface area contributed by atoms with E-state index in [1.54, 1.807) is 13.0 Å². The summed E-state index contributed by atoms with van der Waals surface area (Å²) in [5.74, 6) is -0.287. The van der Waals surface area contributed by atoms with Crippen LogP contribution < -0.4 is 0 Å². The van der Waals surface area contributed by atoms with E-state index in [-0.39, 0.29) is 28.2 Å². The quantitative estimate of drug-likeness (QED) is 0.171. The molecule has 0 unspecified atom stereocenters. The van der Waals surface area contributed by atoms with Crippen molar-refractivity contribution in [2.24, 2.45) is 10.8 Å². The van der Waals surface area contributed by atoms with E-state index in [1.807, 2.05) is 53.7 Å². The molecule has 0 fully saturated rings. The molecule has 0 aliphatic rings. The van der Waals surface area contributed by atoms with Crippen LogP contribution in [0.25, 0.3) is 0 Å². The van der Waals surface area contributed by atoms with Crippen LogP contribution in [0.2, 0.25) is 0 Å². The van der Waals surface area contributed by atoms with Crippen molar-refractivity contribution >= 4 is 11.6 Å². The zero-order chi connectivity index (χ0) is 26.2. The average Bonchev–Trinajstić information content (AvgIpc) is 2.76. The van der Waals surface area contributed by atoms with Crippen molar-refractivity contribution in [1.29, 1.82) is 0 Å². The maximum Gasteiger partial charge on any atom is 0.223 e. The van der Waals surface area contributed by atoms with Gasteiger partial charge in [-0.05, 0) is 76.4 Å². The first-order chi connectivity index (χ1) is 15.3. The minimum Gasteiger partial charge on any atom is -0.504 e. The lowest BCUT2D eigenvalue weighted by Gasteiger charge is -2.27. The Hall–Kier alpha value is -1.94. The van der Waals surface area contributed by atoms with Crippen LogP contribution in [-0.4, -0.2) is 29.9 Å². The van der Waals surface area contributed by atoms with Crippen LogP contribution in [0.3, 0.4) is 0 Å². The number of hydrogen-bond acceptors (Lipinski definition) is 4. The molecular formula is C29H50O4. The van der Waals surface area contributed by atoms with E-state index < -0.39 is 0 Å². The molecule has 0 bridgehead atoms. The van der Waals surface area contributed by atoms with Gasteiger partial charge >= 0.3 is 0 Å². The molecule has 0 radical (unpaired) electrons. The fraction of sp³-hybridized carbons (Fsp3) is 0.655. The van der Waals surface area contributed by atoms with Crippen LogP contribution in [0.15, 0.2) is 46.8 Å². The van der Waals surface area contributed by atoms with Crippen LogP contribution in [0.5, 0.6) is 0 Å². The molecule has 1 N–H and O–H groups in total. The molecule has 4 nitrogen and oxygen atoms in total. The molecule has 0 aliphatic carbocycles. The molecule has 0 aromatic rings. The summed E-state index contributed by atoms with van der Waals surface area (Å²) in [6.45, 7) is 23.1. The Labute approximate surface area is 203 Å². The lowest BCUT2D eigenvalue weighted by molar-refractivity contribution is -0.115. The molecule has 0 saturated carbocycles. The number of ether oxygens (including phenoxy) is 1. The Morgan fingerprint density at radius 1 is 0.727 bits per heavy atom. The van der Waals surface area contributed by atoms with Crippen LogP contribution in [-0.2, 0) is 14.3 Å². The second-order valence-electron chi connectivity index (χ2n) is 9.59. The Morgan fingerprint density at radius 2 is 1.21 bits per heavy atom. The van der Waals surface area contributed by atoms with Crippen molar-refractivity contribution in [3.8, 4) is 0 Å². The highest BCUT2D eigenvalue weighted by molar-refractivity contribution is 6.08. The highest BCUT2D eigenvalue weighted by atomic mass is 16.5. The fourth-order valence-electron chi connectivity index (χ4n) is 3.74. The number of aliphatic hydroxyl groups excluding tert-OH is 1. The predicted molar refractivity (Wildman–Crippen MR) is 142 cm³/mol. The molecule has 4 heteroatoms. The smallest absolute Gasteiger partial charge is 0.223 e. The highest BCUT2D eigenvalue weighted by Crippen LogP contribution is 2.34. The zero-order valence-electron chi connectivity index (χ0n) is 23.2. The SMILES string of the molecule is C/C=C(/C)C(=O)/C(=C\C)C(C)(C)CCC.C/C=C(\C(=O)/C(O)=C\C)C(C)(C)CCOCCC. The topological polar surface area (TPSA) is 63.6 Å². The van der Waals surface area contributed by atoms with Crippen molar-refractivity contribution < 1.29 is 19.4 Å². The van der Waals surface area contributed by atoms with Gasteiger partial charge < -0.3 is 9.84 Å². The number of carbonyl (C=O) groups is 2. The molecule has 0 aromatic heterocycles. The van der Waals surface area contributed by atoms with Gasteiger partial charge in [0.2, 0.25) is 5.78 Å². The Balaban J connectivity index is 0. The van der Waals surface area contributed by atoms with Crippen LogP contribution in [0.1, 0.15) is 102 Å². The molecule has 190 valence electrons. The fourth-order valence-corrected chi connectivity index (χ4v) is 3.74. The normalized spacial score (nSPS) is 14.0. The van der Waals surface area contributed by atoms with Gasteiger partial charge in [-0.2, -0.15) is 0 Å². The van der Waals surface area contributed by atoms with Crippen molar-refractivity contribution in [2.75, 3.05) is 13.2 Å². The molecule has 0 amide bonds. The highest BCUT2D eigenvalue weighted by Gasteiger charge is 2.29. The molecule has 0 spiro atoms. The summed E-state index contributed by atoms with van der Waals surface area (Å²) in [7, 11) is 0. The average molecular weight is 463 g/mol. The minimum atomic E-state index is -0.295. The van der Waals surface area contributed by atoms with E-state index in [0.29, 0.717) is 12.2 Å². The van der Waals surface area contributed by atoms with E-state index in [2.05, 4.69) is 27.7 Å². The van der Waals surface area contributed by atoms with Gasteiger partial charge in [-0.15, -0.1) is 0 Å². The van der Waals surface area contributed by atoms with Gasteiger partial charge in [-0.25, -0.2) is 0 Å². The number of aliphatic hydroxyl groups is 1. The van der Waals surface area contributed by atoms with Gasteiger partial charge in [0.15, 0.2) is 11.5 Å². The second-order valence-corrected chi connectivity index (χ2v) is 9.59. The number of hydrogen-bond donors (Lipinski definition) is 1. The summed E-state index contributed by atoms with van der Waals surface area (Å²) < 4.78 is 5.46. The molecule has 0 aromatic carbocycles. The Bertz CT molecular complexity index is 731. The zero-order valence-corrected chi connectivity index (χ0v) is 23.2. The van der Waals surface area contributed by atoms with Crippen LogP contribution in [0, 0.1) is 10.8 Å². The maximum absolute atomic E-state index is 12.1. The molecule has 33 heavy (non-hydrogen) atoms. The van der Waals surface area contributed by atoms with Gasteiger partial charge in [0, 0.05) is 24.4 Å². The minimum absolute atomic E-state index is 0.00907. The first-order valence-electron chi connectivity index (χ1n) is 12.3. The number of carbonyl (C=O) groups excluding carboxylic acids is 2. The Morgan fingerprint density at radius 3 is 1.61 bits per heavy atom. The number of allylic oxidation sites excluding steroid dienone is 7. The van der Waals surface area contributed by atoms with E-state index in [0.717, 1.165) is 43.4 Å². The maximum atomic E-state index is 12.1. The van der Waals surface area contributed by atoms with E-state index >= 15 is 0 Å². The second kappa shape index (κ2) is 16.6. The number of Topliss-reactive ketones (excluding diaryl/α,β-unsaturated/α-hetero) is 2. The summed E-state index contributed by atoms with van der Waals surface area (Å²) >= 11 is 0. The van der Waals surface area contributed by atoms with E-state index in [4.69, 9.17) is 4.74 Å². The van der Waals surface area contributed by atoms with Gasteiger partial charge in [-0.3, -0.25) is 9.59 Å². The van der Waals surface area contributed by atoms with Crippen LogP contribution in [0.4, 0.5) is 0 Å². The molecule has 0 aliphatic heterocycles. The van der Waals surface area contributed by atoms with Gasteiger partial charge in [0.1, 0.15) is 0 Å². The number of ketones is 2. The first-order valence-corrected chi connectivity index (χ1v) is 12.3. The Kier molecular flexibility index (Phi) is 16.8. The van der Waals surface area contributed by atoms with Crippen molar-refractivity contribution in [3.63, 3.8) is 0 Å². The third kappa shape index (κ3) is 11.7. The van der Waals surface area contributed by atoms with Crippen molar-refractivity contribution in [2.45, 2.75) is 102 Å². The van der Waals surface area contributed by atoms with E-state index in [9.17, 15) is 14.7 Å². The lowest BCUT2D eigenvalue weighted by atomic mass is 9.77. The van der Waals surface area contributed by atoms with Crippen LogP contribution >= 0.6 is 0 Å². The standard InChI is InChI=1S/C15H26O3.C14H24O/c1-6-10-18-11-9-15(4,5)12(7-2)14(17)13(16)8-3;1-7-10-14(5,6)12(9-3)13(15)11(4)8-2/h7-8,16H,6,9-11H2,1-5H3;8-9H,7,10H2,1-6H3/b12-7+,13-8+;11-8-,12-9+. The first kappa shape index (κ1) is 33.2. The molecule has 0 heterocycles. The number of rotatable bonds is 13. The van der Waals surface area contributed by atoms with Crippen molar-refractivity contribution in [3.05, 3.63) is 46.8 Å². The molecule has 0 atom stereocenters. The van der Waals surface area contributed by atoms with Gasteiger partial charge in [0.05, 0.1) is 0 Å². The monoisotopic (exact) mass is 462 g/mol. The summed E-state index contributed by atoms with van der Waals surface area (Å²) in [5.41, 5.74) is 2.12. The van der Waals surface area contributed by atoms with Gasteiger partial charge in [-0.1, -0.05) is 66.2 Å². The lowest BCUT2D eigenvalue weighted by Crippen LogP contribution is -2.24. The molecule has 0 saturated heterocycles. The van der Waals surface area contributed by atoms with Gasteiger partial charge in [0.25, 0.3) is 0 Å². The largest absolute Gasteiger partial charge is 0.504 e. The third-order valence-electron chi connectivity index (χ3n) is 5.92.